The van der Waals surface area contributed by atoms with Crippen LogP contribution in [0, 0.1) is 6.92 Å². The maximum absolute atomic E-state index is 2.48. The quantitative estimate of drug-likeness (QED) is 0.734. The third kappa shape index (κ3) is 2.37. The highest BCUT2D eigenvalue weighted by Crippen LogP contribution is 2.48. The summed E-state index contributed by atoms with van der Waals surface area (Å²) >= 11 is 1.89. The molecule has 0 radical (unpaired) electrons. The summed E-state index contributed by atoms with van der Waals surface area (Å²) < 4.78 is 0. The van der Waals surface area contributed by atoms with E-state index in [0.29, 0.717) is 0 Å². The van der Waals surface area contributed by atoms with Crippen molar-refractivity contribution < 1.29 is 0 Å². The van der Waals surface area contributed by atoms with E-state index >= 15 is 0 Å². The van der Waals surface area contributed by atoms with Gasteiger partial charge in [0.25, 0.3) is 0 Å². The minimum absolute atomic E-state index is 1.10. The fourth-order valence-corrected chi connectivity index (χ4v) is 3.57. The Bertz CT molecular complexity index is 592. The number of rotatable bonds is 3. The summed E-state index contributed by atoms with van der Waals surface area (Å²) in [7, 11) is 0. The molecule has 3 rings (SSSR count). The summed E-state index contributed by atoms with van der Waals surface area (Å²) in [5, 5.41) is 0. The van der Waals surface area contributed by atoms with E-state index in [4.69, 9.17) is 0 Å². The minimum Gasteiger partial charge on any atom is -0.340 e. The van der Waals surface area contributed by atoms with Gasteiger partial charge in [0.05, 0.1) is 11.4 Å². The lowest BCUT2D eigenvalue weighted by Gasteiger charge is -2.33. The highest BCUT2D eigenvalue weighted by molar-refractivity contribution is 7.99. The van der Waals surface area contributed by atoms with Crippen LogP contribution < -0.4 is 4.90 Å². The van der Waals surface area contributed by atoms with Gasteiger partial charge < -0.3 is 4.90 Å². The number of aryl methyl sites for hydroxylation is 1. The molecule has 0 N–H and O–H groups in total. The van der Waals surface area contributed by atoms with E-state index in [1.165, 1.54) is 39.6 Å². The third-order valence-corrected chi connectivity index (χ3v) is 4.65. The van der Waals surface area contributed by atoms with Crippen LogP contribution in [0.25, 0.3) is 0 Å². The van der Waals surface area contributed by atoms with Crippen LogP contribution in [0.5, 0.6) is 0 Å². The van der Waals surface area contributed by atoms with Crippen molar-refractivity contribution in [1.29, 1.82) is 0 Å². The Hall–Kier alpha value is -1.41. The van der Waals surface area contributed by atoms with Gasteiger partial charge in [-0.1, -0.05) is 43.3 Å². The summed E-state index contributed by atoms with van der Waals surface area (Å²) in [6.07, 6.45) is 2.46. The lowest BCUT2D eigenvalue weighted by Crippen LogP contribution is -2.21. The molecular weight excluding hydrogens is 250 g/mol. The largest absolute Gasteiger partial charge is 0.340 e. The molecular formula is C17H19NS. The smallest absolute Gasteiger partial charge is 0.0555 e. The second-order valence-electron chi connectivity index (χ2n) is 5.05. The maximum atomic E-state index is 2.48. The Morgan fingerprint density at radius 3 is 2.63 bits per heavy atom. The monoisotopic (exact) mass is 269 g/mol. The minimum atomic E-state index is 1.10. The lowest BCUT2D eigenvalue weighted by atomic mass is 10.1. The van der Waals surface area contributed by atoms with Gasteiger partial charge in [-0.05, 0) is 43.2 Å². The number of benzene rings is 2. The fraction of sp³-hybridized carbons (Fsp3) is 0.294. The molecule has 2 heteroatoms. The van der Waals surface area contributed by atoms with Gasteiger partial charge in [0.2, 0.25) is 0 Å². The van der Waals surface area contributed by atoms with E-state index in [1.807, 2.05) is 11.8 Å². The maximum Gasteiger partial charge on any atom is 0.0555 e. The normalized spacial score (nSPS) is 13.1. The Morgan fingerprint density at radius 2 is 1.79 bits per heavy atom. The molecule has 19 heavy (non-hydrogen) atoms. The predicted octanol–water partition coefficient (Wildman–Crippen LogP) is 5.40. The topological polar surface area (TPSA) is 3.24 Å². The molecule has 0 unspecified atom stereocenters. The second-order valence-corrected chi connectivity index (χ2v) is 6.13. The van der Waals surface area contributed by atoms with Crippen LogP contribution >= 0.6 is 11.8 Å². The molecule has 0 atom stereocenters. The molecule has 1 heterocycles. The van der Waals surface area contributed by atoms with E-state index < -0.39 is 0 Å². The van der Waals surface area contributed by atoms with Crippen LogP contribution in [0.1, 0.15) is 25.3 Å². The SMILES string of the molecule is CCCCN1c2ccccc2Sc2ccc(C)cc21. The first-order valence-electron chi connectivity index (χ1n) is 6.94. The molecule has 2 aromatic carbocycles. The number of hydrogen-bond acceptors (Lipinski definition) is 2. The Kier molecular flexibility index (Phi) is 3.52. The Morgan fingerprint density at radius 1 is 1.00 bits per heavy atom. The molecule has 0 saturated carbocycles. The molecule has 0 amide bonds. The van der Waals surface area contributed by atoms with Gasteiger partial charge in [-0.15, -0.1) is 0 Å². The Balaban J connectivity index is 2.08. The summed E-state index contributed by atoms with van der Waals surface area (Å²) in [5.41, 5.74) is 4.07. The van der Waals surface area contributed by atoms with E-state index in [9.17, 15) is 0 Å². The van der Waals surface area contributed by atoms with Gasteiger partial charge in [-0.3, -0.25) is 0 Å². The Labute approximate surface area is 119 Å². The summed E-state index contributed by atoms with van der Waals surface area (Å²) in [6.45, 7) is 5.52. The summed E-state index contributed by atoms with van der Waals surface area (Å²) in [6, 6.07) is 15.5. The first-order chi connectivity index (χ1) is 9.29. The van der Waals surface area contributed by atoms with Gasteiger partial charge >= 0.3 is 0 Å². The molecule has 0 saturated heterocycles. The molecule has 98 valence electrons. The molecule has 1 aliphatic heterocycles. The highest BCUT2D eigenvalue weighted by atomic mass is 32.2. The first kappa shape index (κ1) is 12.6. The van der Waals surface area contributed by atoms with Crippen LogP contribution in [0.3, 0.4) is 0 Å². The van der Waals surface area contributed by atoms with Gasteiger partial charge in [0, 0.05) is 16.3 Å². The number of hydrogen-bond donors (Lipinski definition) is 0. The van der Waals surface area contributed by atoms with Crippen molar-refractivity contribution >= 4 is 23.1 Å². The first-order valence-corrected chi connectivity index (χ1v) is 7.76. The van der Waals surface area contributed by atoms with E-state index in [2.05, 4.69) is 61.2 Å². The molecule has 1 aliphatic rings. The average molecular weight is 269 g/mol. The lowest BCUT2D eigenvalue weighted by molar-refractivity contribution is 0.776. The van der Waals surface area contributed by atoms with Gasteiger partial charge in [-0.2, -0.15) is 0 Å². The van der Waals surface area contributed by atoms with E-state index in [-0.39, 0.29) is 0 Å². The van der Waals surface area contributed by atoms with Crippen molar-refractivity contribution in [3.63, 3.8) is 0 Å². The number of para-hydroxylation sites is 1. The third-order valence-electron chi connectivity index (χ3n) is 3.52. The molecule has 0 bridgehead atoms. The number of fused-ring (bicyclic) bond motifs is 2. The summed E-state index contributed by atoms with van der Waals surface area (Å²) in [5.74, 6) is 0. The van der Waals surface area contributed by atoms with Crippen LogP contribution in [0.2, 0.25) is 0 Å². The van der Waals surface area contributed by atoms with Crippen LogP contribution in [-0.4, -0.2) is 6.54 Å². The van der Waals surface area contributed by atoms with Gasteiger partial charge in [0.1, 0.15) is 0 Å². The molecule has 0 spiro atoms. The molecule has 2 aromatic rings. The fourth-order valence-electron chi connectivity index (χ4n) is 2.50. The molecule has 0 aromatic heterocycles. The van der Waals surface area contributed by atoms with E-state index in [0.717, 1.165) is 6.54 Å². The zero-order valence-corrected chi connectivity index (χ0v) is 12.3. The molecule has 0 fully saturated rings. The van der Waals surface area contributed by atoms with Crippen molar-refractivity contribution in [3.05, 3.63) is 48.0 Å². The summed E-state index contributed by atoms with van der Waals surface area (Å²) in [4.78, 5) is 5.23. The van der Waals surface area contributed by atoms with Gasteiger partial charge in [-0.25, -0.2) is 0 Å². The number of nitrogens with zero attached hydrogens (tertiary/aromatic N) is 1. The van der Waals surface area contributed by atoms with Crippen molar-refractivity contribution in [1.82, 2.24) is 0 Å². The van der Waals surface area contributed by atoms with Crippen LogP contribution in [0.4, 0.5) is 11.4 Å². The highest BCUT2D eigenvalue weighted by Gasteiger charge is 2.22. The van der Waals surface area contributed by atoms with Crippen molar-refractivity contribution in [3.8, 4) is 0 Å². The second kappa shape index (κ2) is 5.30. The van der Waals surface area contributed by atoms with Crippen LogP contribution in [-0.2, 0) is 0 Å². The number of anilines is 2. The van der Waals surface area contributed by atoms with E-state index in [1.54, 1.807) is 0 Å². The zero-order chi connectivity index (χ0) is 13.2. The van der Waals surface area contributed by atoms with Crippen LogP contribution in [0.15, 0.2) is 52.3 Å². The number of unbranched alkanes of at least 4 members (excludes halogenated alkanes) is 1. The standard InChI is InChI=1S/C17H19NS/c1-3-4-11-18-14-7-5-6-8-16(14)19-17-10-9-13(2)12-15(17)18/h5-10,12H,3-4,11H2,1-2H3. The van der Waals surface area contributed by atoms with Crippen molar-refractivity contribution in [2.24, 2.45) is 0 Å². The van der Waals surface area contributed by atoms with Gasteiger partial charge in [0.15, 0.2) is 0 Å². The van der Waals surface area contributed by atoms with Crippen molar-refractivity contribution in [2.45, 2.75) is 36.5 Å². The molecule has 0 aliphatic carbocycles. The zero-order valence-electron chi connectivity index (χ0n) is 11.5. The van der Waals surface area contributed by atoms with Crippen molar-refractivity contribution in [2.75, 3.05) is 11.4 Å². The average Bonchev–Trinajstić information content (AvgIpc) is 2.44. The predicted molar refractivity (Wildman–Crippen MR) is 83.7 cm³/mol. The molecule has 1 nitrogen and oxygen atoms in total.